The van der Waals surface area contributed by atoms with Gasteiger partial charge in [0.2, 0.25) is 6.85 Å². The molecule has 0 heterocycles. The summed E-state index contributed by atoms with van der Waals surface area (Å²) in [5, 5.41) is 0. The molecule has 1 aliphatic rings. The second-order valence-corrected chi connectivity index (χ2v) is 9.53. The second kappa shape index (κ2) is 11.9. The highest BCUT2D eigenvalue weighted by atomic mass is 15.1. The van der Waals surface area contributed by atoms with Gasteiger partial charge in [0.1, 0.15) is 0 Å². The molecule has 0 saturated carbocycles. The molecule has 0 fully saturated rings. The van der Waals surface area contributed by atoms with E-state index in [-0.39, 0.29) is 0 Å². The van der Waals surface area contributed by atoms with Gasteiger partial charge < -0.3 is 4.81 Å². The lowest BCUT2D eigenvalue weighted by atomic mass is 9.37. The number of nitrogens with zero attached hydrogens (tertiary/aromatic N) is 1. The van der Waals surface area contributed by atoms with Crippen molar-refractivity contribution in [3.8, 4) is 0 Å². The predicted octanol–water partition coefficient (Wildman–Crippen LogP) is 7.64. The van der Waals surface area contributed by atoms with Crippen LogP contribution in [0.2, 0.25) is 11.6 Å². The van der Waals surface area contributed by atoms with Crippen LogP contribution in [0.3, 0.4) is 0 Å². The quantitative estimate of drug-likeness (QED) is 0.252. The molecule has 0 N–H and O–H groups in total. The number of hydrogen-bond donors (Lipinski definition) is 0. The number of rotatable bonds is 12. The van der Waals surface area contributed by atoms with Crippen LogP contribution in [0.1, 0.15) is 81.1 Å². The zero-order valence-electron chi connectivity index (χ0n) is 19.5. The van der Waals surface area contributed by atoms with Crippen LogP contribution in [0.5, 0.6) is 0 Å². The lowest BCUT2D eigenvalue weighted by Crippen LogP contribution is -2.53. The maximum Gasteiger partial charge on any atom is 0.230 e. The number of hydrogen-bond acceptors (Lipinski definition) is 1. The Hall–Kier alpha value is -0.755. The lowest BCUT2D eigenvalue weighted by Gasteiger charge is -2.46. The summed E-state index contributed by atoms with van der Waals surface area (Å²) in [7, 11) is 0. The van der Waals surface area contributed by atoms with Crippen molar-refractivity contribution in [2.75, 3.05) is 0 Å². The maximum atomic E-state index is 3.99. The van der Waals surface area contributed by atoms with Crippen molar-refractivity contribution in [2.45, 2.75) is 105 Å². The fourth-order valence-electron chi connectivity index (χ4n) is 5.45. The molecule has 1 nitrogen and oxygen atoms in total. The average Bonchev–Trinajstić information content (AvgIpc) is 2.62. The number of allylic oxidation sites excluding steroid dienone is 5. The average molecular weight is 371 g/mol. The molecule has 0 radical (unpaired) electrons. The first kappa shape index (κ1) is 24.3. The summed E-state index contributed by atoms with van der Waals surface area (Å²) in [6.45, 7) is 23.8. The van der Waals surface area contributed by atoms with Crippen LogP contribution in [0, 0.1) is 17.8 Å². The van der Waals surface area contributed by atoms with E-state index in [1.807, 2.05) is 0 Å². The van der Waals surface area contributed by atoms with E-state index in [2.05, 4.69) is 97.2 Å². The molecular formula is C25H46BN. The smallest absolute Gasteiger partial charge is 0.230 e. The monoisotopic (exact) mass is 371 g/mol. The van der Waals surface area contributed by atoms with Gasteiger partial charge in [0.25, 0.3) is 0 Å². The first-order valence-electron chi connectivity index (χ1n) is 11.5. The van der Waals surface area contributed by atoms with E-state index in [1.54, 1.807) is 0 Å². The van der Waals surface area contributed by atoms with E-state index in [9.17, 15) is 0 Å². The molecular weight excluding hydrogens is 325 g/mol. The first-order chi connectivity index (χ1) is 12.8. The molecule has 1 aliphatic carbocycles. The summed E-state index contributed by atoms with van der Waals surface area (Å²) in [6.07, 6.45) is 16.6. The van der Waals surface area contributed by atoms with Crippen molar-refractivity contribution in [3.63, 3.8) is 0 Å². The Balaban J connectivity index is 3.19. The Labute approximate surface area is 171 Å². The Bertz CT molecular complexity index is 471. The highest BCUT2D eigenvalue weighted by molar-refractivity contribution is 6.59. The van der Waals surface area contributed by atoms with Crippen molar-refractivity contribution in [1.82, 2.24) is 4.81 Å². The number of unbranched alkanes of at least 4 members (excludes halogenated alkanes) is 1. The van der Waals surface area contributed by atoms with Gasteiger partial charge in [-0.05, 0) is 47.9 Å². The molecule has 1 rings (SSSR count). The SMILES string of the molecule is C=CCC(C)C1C=CC=CC1C(C)B(C(C)CCCC)N(C(C)C)C(C)C. The van der Waals surface area contributed by atoms with Crippen LogP contribution >= 0.6 is 0 Å². The lowest BCUT2D eigenvalue weighted by molar-refractivity contribution is 0.272. The summed E-state index contributed by atoms with van der Waals surface area (Å²) in [5.74, 6) is 3.23. The van der Waals surface area contributed by atoms with Crippen LogP contribution in [0.4, 0.5) is 0 Å². The molecule has 154 valence electrons. The molecule has 0 aliphatic heterocycles. The van der Waals surface area contributed by atoms with Crippen LogP contribution in [-0.2, 0) is 0 Å². The Morgan fingerprint density at radius 3 is 2.00 bits per heavy atom. The Morgan fingerprint density at radius 2 is 1.52 bits per heavy atom. The zero-order chi connectivity index (χ0) is 20.6. The van der Waals surface area contributed by atoms with Gasteiger partial charge in [0.15, 0.2) is 0 Å². The van der Waals surface area contributed by atoms with Crippen molar-refractivity contribution >= 4 is 6.85 Å². The second-order valence-electron chi connectivity index (χ2n) is 9.53. The van der Waals surface area contributed by atoms with Crippen molar-refractivity contribution in [2.24, 2.45) is 17.8 Å². The first-order valence-corrected chi connectivity index (χ1v) is 11.5. The molecule has 2 heteroatoms. The molecule has 0 aromatic rings. The van der Waals surface area contributed by atoms with Crippen molar-refractivity contribution < 1.29 is 0 Å². The van der Waals surface area contributed by atoms with E-state index in [0.717, 1.165) is 12.2 Å². The minimum atomic E-state index is 0.577. The Morgan fingerprint density at radius 1 is 0.963 bits per heavy atom. The third-order valence-corrected chi connectivity index (χ3v) is 6.70. The third-order valence-electron chi connectivity index (χ3n) is 6.70. The molecule has 0 spiro atoms. The van der Waals surface area contributed by atoms with Gasteiger partial charge in [-0.25, -0.2) is 0 Å². The topological polar surface area (TPSA) is 3.24 Å². The van der Waals surface area contributed by atoms with Gasteiger partial charge in [-0.3, -0.25) is 0 Å². The molecule has 0 bridgehead atoms. The van der Waals surface area contributed by atoms with Crippen molar-refractivity contribution in [3.05, 3.63) is 37.0 Å². The van der Waals surface area contributed by atoms with Gasteiger partial charge in [-0.2, -0.15) is 0 Å². The molecule has 0 saturated heterocycles. The summed E-state index contributed by atoms with van der Waals surface area (Å²) in [4.78, 5) is 2.80. The predicted molar refractivity (Wildman–Crippen MR) is 125 cm³/mol. The molecule has 27 heavy (non-hydrogen) atoms. The molecule has 0 amide bonds. The highest BCUT2D eigenvalue weighted by Crippen LogP contribution is 2.43. The van der Waals surface area contributed by atoms with Crippen LogP contribution in [0.15, 0.2) is 37.0 Å². The minimum absolute atomic E-state index is 0.577. The normalized spacial score (nSPS) is 23.1. The van der Waals surface area contributed by atoms with E-state index < -0.39 is 0 Å². The van der Waals surface area contributed by atoms with E-state index in [4.69, 9.17) is 0 Å². The maximum absolute atomic E-state index is 3.99. The van der Waals surface area contributed by atoms with Gasteiger partial charge in [-0.15, -0.1) is 6.58 Å². The fraction of sp³-hybridized carbons (Fsp3) is 0.760. The van der Waals surface area contributed by atoms with Gasteiger partial charge in [-0.1, -0.05) is 105 Å². The standard InChI is InChI=1S/C25H46BN/c1-10-12-16-22(8)26(27(19(3)4)20(5)6)23(9)25-18-14-13-17-24(25)21(7)15-11-2/h11,13-14,17-25H,2,10,12,15-16H2,1,3-9H3. The van der Waals surface area contributed by atoms with E-state index in [0.29, 0.717) is 42.5 Å². The summed E-state index contributed by atoms with van der Waals surface area (Å²) >= 11 is 0. The van der Waals surface area contributed by atoms with Crippen molar-refractivity contribution in [1.29, 1.82) is 0 Å². The van der Waals surface area contributed by atoms with Crippen LogP contribution in [0.25, 0.3) is 0 Å². The Kier molecular flexibility index (Phi) is 10.7. The van der Waals surface area contributed by atoms with Crippen LogP contribution < -0.4 is 0 Å². The molecule has 5 atom stereocenters. The molecule has 5 unspecified atom stereocenters. The van der Waals surface area contributed by atoms with Crippen LogP contribution in [-0.4, -0.2) is 23.7 Å². The summed E-state index contributed by atoms with van der Waals surface area (Å²) in [5.41, 5.74) is 0. The molecule has 0 aromatic carbocycles. The molecule has 0 aromatic heterocycles. The third kappa shape index (κ3) is 6.66. The fourth-order valence-corrected chi connectivity index (χ4v) is 5.45. The highest BCUT2D eigenvalue weighted by Gasteiger charge is 2.41. The van der Waals surface area contributed by atoms with Gasteiger partial charge >= 0.3 is 0 Å². The minimum Gasteiger partial charge on any atom is -0.337 e. The summed E-state index contributed by atoms with van der Waals surface area (Å²) in [6, 6.07) is 1.15. The van der Waals surface area contributed by atoms with Gasteiger partial charge in [0.05, 0.1) is 0 Å². The largest absolute Gasteiger partial charge is 0.337 e. The summed E-state index contributed by atoms with van der Waals surface area (Å²) < 4.78 is 0. The van der Waals surface area contributed by atoms with E-state index >= 15 is 0 Å². The zero-order valence-corrected chi connectivity index (χ0v) is 19.5. The van der Waals surface area contributed by atoms with Gasteiger partial charge in [0, 0.05) is 0 Å². The van der Waals surface area contributed by atoms with E-state index in [1.165, 1.54) is 19.3 Å².